The number of amides is 2. The summed E-state index contributed by atoms with van der Waals surface area (Å²) in [7, 11) is -0.760. The van der Waals surface area contributed by atoms with Gasteiger partial charge in [-0.05, 0) is 48.7 Å². The van der Waals surface area contributed by atoms with Crippen molar-refractivity contribution < 1.29 is 22.7 Å². The van der Waals surface area contributed by atoms with Crippen LogP contribution in [0.4, 0.5) is 5.69 Å². The second-order valence-corrected chi connectivity index (χ2v) is 9.95. The number of carbonyl (C=O) groups is 2. The largest absolute Gasteiger partial charge is 0.497 e. The lowest BCUT2D eigenvalue weighted by molar-refractivity contribution is -0.140. The molecule has 0 unspecified atom stereocenters. The van der Waals surface area contributed by atoms with Gasteiger partial charge in [0.15, 0.2) is 0 Å². The van der Waals surface area contributed by atoms with Gasteiger partial charge in [-0.2, -0.15) is 0 Å². The van der Waals surface area contributed by atoms with Gasteiger partial charge in [0.25, 0.3) is 0 Å². The van der Waals surface area contributed by atoms with Crippen LogP contribution in [0.5, 0.6) is 5.75 Å². The lowest BCUT2D eigenvalue weighted by Gasteiger charge is -2.33. The van der Waals surface area contributed by atoms with Gasteiger partial charge in [0.1, 0.15) is 18.3 Å². The number of hydrogen-bond acceptors (Lipinski definition) is 5. The van der Waals surface area contributed by atoms with E-state index in [9.17, 15) is 18.0 Å². The molecule has 180 valence electrons. The van der Waals surface area contributed by atoms with Crippen molar-refractivity contribution in [3.63, 3.8) is 0 Å². The molecule has 0 spiro atoms. The summed E-state index contributed by atoms with van der Waals surface area (Å²) in [5.41, 5.74) is 1.74. The molecule has 0 fully saturated rings. The van der Waals surface area contributed by atoms with Gasteiger partial charge in [0.05, 0.1) is 19.1 Å². The SMILES string of the molecule is CC[C@@H](C(=O)NC)N(Cc1ccc(OC)cc1)C(=O)CN(c1cc(Cl)ccc1C)S(C)(=O)=O. The molecule has 0 saturated heterocycles. The van der Waals surface area contributed by atoms with Crippen molar-refractivity contribution in [3.8, 4) is 5.75 Å². The molecule has 2 amide bonds. The van der Waals surface area contributed by atoms with E-state index < -0.39 is 28.5 Å². The Bertz CT molecular complexity index is 1090. The quantitative estimate of drug-likeness (QED) is 0.546. The average molecular weight is 496 g/mol. The minimum atomic E-state index is -3.82. The first-order valence-corrected chi connectivity index (χ1v) is 12.6. The fourth-order valence-corrected chi connectivity index (χ4v) is 4.53. The molecule has 0 aliphatic heterocycles. The van der Waals surface area contributed by atoms with Crippen molar-refractivity contribution >= 4 is 39.1 Å². The molecule has 0 saturated carbocycles. The second kappa shape index (κ2) is 11.4. The minimum absolute atomic E-state index is 0.126. The number of rotatable bonds is 10. The van der Waals surface area contributed by atoms with E-state index in [2.05, 4.69) is 5.32 Å². The maximum Gasteiger partial charge on any atom is 0.244 e. The molecule has 2 aromatic carbocycles. The number of methoxy groups -OCH3 is 1. The number of sulfonamides is 1. The zero-order valence-corrected chi connectivity index (χ0v) is 21.0. The summed E-state index contributed by atoms with van der Waals surface area (Å²) in [5, 5.41) is 2.94. The van der Waals surface area contributed by atoms with Crippen LogP contribution in [-0.2, 0) is 26.2 Å². The van der Waals surface area contributed by atoms with Crippen molar-refractivity contribution in [2.24, 2.45) is 0 Å². The van der Waals surface area contributed by atoms with Crippen LogP contribution < -0.4 is 14.4 Å². The summed E-state index contributed by atoms with van der Waals surface area (Å²) in [6, 6.07) is 11.2. The van der Waals surface area contributed by atoms with Gasteiger partial charge < -0.3 is 15.0 Å². The fraction of sp³-hybridized carbons (Fsp3) is 0.391. The first-order chi connectivity index (χ1) is 15.5. The molecule has 0 aromatic heterocycles. The molecule has 2 rings (SSSR count). The third-order valence-corrected chi connectivity index (χ3v) is 6.62. The van der Waals surface area contributed by atoms with E-state index >= 15 is 0 Å². The molecule has 0 bridgehead atoms. The number of nitrogens with one attached hydrogen (secondary N) is 1. The number of benzene rings is 2. The molecule has 2 aromatic rings. The summed E-state index contributed by atoms with van der Waals surface area (Å²) >= 11 is 6.10. The number of halogens is 1. The maximum absolute atomic E-state index is 13.5. The first-order valence-electron chi connectivity index (χ1n) is 10.4. The van der Waals surface area contributed by atoms with E-state index in [0.717, 1.165) is 16.1 Å². The average Bonchev–Trinajstić information content (AvgIpc) is 2.78. The van der Waals surface area contributed by atoms with Crippen molar-refractivity contribution in [2.75, 3.05) is 31.3 Å². The number of likely N-dealkylation sites (N-methyl/N-ethyl adjacent to an activating group) is 1. The Morgan fingerprint density at radius 2 is 1.79 bits per heavy atom. The number of hydrogen-bond donors (Lipinski definition) is 1. The molecule has 0 heterocycles. The highest BCUT2D eigenvalue weighted by atomic mass is 35.5. The van der Waals surface area contributed by atoms with Crippen molar-refractivity contribution in [2.45, 2.75) is 32.9 Å². The van der Waals surface area contributed by atoms with E-state index in [4.69, 9.17) is 16.3 Å². The van der Waals surface area contributed by atoms with Gasteiger partial charge in [0, 0.05) is 18.6 Å². The monoisotopic (exact) mass is 495 g/mol. The predicted octanol–water partition coefficient (Wildman–Crippen LogP) is 2.98. The summed E-state index contributed by atoms with van der Waals surface area (Å²) in [5.74, 6) is -0.176. The van der Waals surface area contributed by atoms with Gasteiger partial charge in [-0.3, -0.25) is 13.9 Å². The highest BCUT2D eigenvalue weighted by molar-refractivity contribution is 7.92. The highest BCUT2D eigenvalue weighted by Crippen LogP contribution is 2.27. The molecule has 10 heteroatoms. The van der Waals surface area contributed by atoms with Crippen LogP contribution in [0, 0.1) is 6.92 Å². The van der Waals surface area contributed by atoms with Crippen molar-refractivity contribution in [3.05, 3.63) is 58.6 Å². The van der Waals surface area contributed by atoms with E-state index in [0.29, 0.717) is 28.4 Å². The standard InChI is InChI=1S/C23H30ClN3O5S/c1-6-20(23(29)25-3)26(14-17-8-11-19(32-4)12-9-17)22(28)15-27(33(5,30)31)21-13-18(24)10-7-16(21)2/h7-13,20H,6,14-15H2,1-5H3,(H,25,29)/t20-/m0/s1. The molecule has 8 nitrogen and oxygen atoms in total. The number of nitrogens with zero attached hydrogens (tertiary/aromatic N) is 2. The van der Waals surface area contributed by atoms with Crippen LogP contribution in [0.15, 0.2) is 42.5 Å². The van der Waals surface area contributed by atoms with Gasteiger partial charge in [-0.1, -0.05) is 36.7 Å². The maximum atomic E-state index is 13.5. The Morgan fingerprint density at radius 3 is 2.30 bits per heavy atom. The third-order valence-electron chi connectivity index (χ3n) is 5.26. The van der Waals surface area contributed by atoms with Crippen LogP contribution in [0.1, 0.15) is 24.5 Å². The molecule has 0 radical (unpaired) electrons. The number of ether oxygens (including phenoxy) is 1. The molecule has 0 aliphatic carbocycles. The summed E-state index contributed by atoms with van der Waals surface area (Å²) < 4.78 is 31.5. The lowest BCUT2D eigenvalue weighted by Crippen LogP contribution is -2.51. The fourth-order valence-electron chi connectivity index (χ4n) is 3.46. The van der Waals surface area contributed by atoms with Crippen LogP contribution in [0.25, 0.3) is 0 Å². The summed E-state index contributed by atoms with van der Waals surface area (Å²) in [4.78, 5) is 27.5. The number of aryl methyl sites for hydroxylation is 1. The zero-order valence-electron chi connectivity index (χ0n) is 19.5. The number of carbonyl (C=O) groups excluding carboxylic acids is 2. The lowest BCUT2D eigenvalue weighted by atomic mass is 10.1. The molecule has 33 heavy (non-hydrogen) atoms. The van der Waals surface area contributed by atoms with Crippen LogP contribution in [-0.4, -0.2) is 58.1 Å². The third kappa shape index (κ3) is 6.85. The Hall–Kier alpha value is -2.78. The molecular formula is C23H30ClN3O5S. The Morgan fingerprint density at radius 1 is 1.15 bits per heavy atom. The van der Waals surface area contributed by atoms with E-state index in [1.165, 1.54) is 18.0 Å². The predicted molar refractivity (Wildman–Crippen MR) is 130 cm³/mol. The normalized spacial score (nSPS) is 12.1. The van der Waals surface area contributed by atoms with Crippen molar-refractivity contribution in [1.82, 2.24) is 10.2 Å². The van der Waals surface area contributed by atoms with E-state index in [1.807, 2.05) is 0 Å². The van der Waals surface area contributed by atoms with Gasteiger partial charge in [0.2, 0.25) is 21.8 Å². The second-order valence-electron chi connectivity index (χ2n) is 7.61. The molecular weight excluding hydrogens is 466 g/mol. The van der Waals surface area contributed by atoms with E-state index in [-0.39, 0.29) is 12.5 Å². The zero-order chi connectivity index (χ0) is 24.8. The van der Waals surface area contributed by atoms with Crippen LogP contribution in [0.2, 0.25) is 5.02 Å². The van der Waals surface area contributed by atoms with E-state index in [1.54, 1.807) is 57.4 Å². The summed E-state index contributed by atoms with van der Waals surface area (Å²) in [6.07, 6.45) is 1.39. The van der Waals surface area contributed by atoms with Gasteiger partial charge in [-0.25, -0.2) is 8.42 Å². The molecule has 0 aliphatic rings. The molecule has 1 atom stereocenters. The Kier molecular flexibility index (Phi) is 9.13. The van der Waals surface area contributed by atoms with Crippen LogP contribution in [0.3, 0.4) is 0 Å². The molecule has 1 N–H and O–H groups in total. The van der Waals surface area contributed by atoms with Gasteiger partial charge in [-0.15, -0.1) is 0 Å². The van der Waals surface area contributed by atoms with Crippen LogP contribution >= 0.6 is 11.6 Å². The Balaban J connectivity index is 2.45. The first kappa shape index (κ1) is 26.5. The Labute approximate surface area is 200 Å². The summed E-state index contributed by atoms with van der Waals surface area (Å²) in [6.45, 7) is 3.19. The topological polar surface area (TPSA) is 96.0 Å². The minimum Gasteiger partial charge on any atom is -0.497 e. The van der Waals surface area contributed by atoms with Crippen molar-refractivity contribution in [1.29, 1.82) is 0 Å². The number of anilines is 1. The highest BCUT2D eigenvalue weighted by Gasteiger charge is 2.31. The van der Waals surface area contributed by atoms with Gasteiger partial charge >= 0.3 is 0 Å². The smallest absolute Gasteiger partial charge is 0.244 e.